The first-order valence-corrected chi connectivity index (χ1v) is 10.9. The fourth-order valence-corrected chi connectivity index (χ4v) is 3.75. The highest BCUT2D eigenvalue weighted by molar-refractivity contribution is 6.35. The van der Waals surface area contributed by atoms with Crippen LogP contribution in [0.25, 0.3) is 0 Å². The third-order valence-electron chi connectivity index (χ3n) is 4.84. The summed E-state index contributed by atoms with van der Waals surface area (Å²) in [7, 11) is 0. The molecule has 2 aromatic carbocycles. The first kappa shape index (κ1) is 24.2. The standard InChI is InChI=1S/C24H30Cl2N2O2/c1-6-21(23(30)27-24(3,4)5)28(15-18-11-12-19(25)14-20(18)26)22(29)13-17-10-8-7-9-16(17)2/h7-12,14,21H,6,13,15H2,1-5H3,(H,27,30)/t21-/m1/s1. The van der Waals surface area contributed by atoms with E-state index < -0.39 is 11.6 Å². The molecule has 0 spiro atoms. The number of aryl methyl sites for hydroxylation is 1. The van der Waals surface area contributed by atoms with Crippen molar-refractivity contribution in [2.24, 2.45) is 0 Å². The lowest BCUT2D eigenvalue weighted by atomic mass is 10.0. The molecule has 0 fully saturated rings. The Bertz CT molecular complexity index is 906. The zero-order chi connectivity index (χ0) is 22.5. The number of hydrogen-bond donors (Lipinski definition) is 1. The lowest BCUT2D eigenvalue weighted by molar-refractivity contribution is -0.141. The lowest BCUT2D eigenvalue weighted by Gasteiger charge is -2.33. The van der Waals surface area contributed by atoms with Gasteiger partial charge in [0.05, 0.1) is 6.42 Å². The molecule has 0 heterocycles. The zero-order valence-electron chi connectivity index (χ0n) is 18.3. The van der Waals surface area contributed by atoms with E-state index in [9.17, 15) is 9.59 Å². The van der Waals surface area contributed by atoms with Gasteiger partial charge >= 0.3 is 0 Å². The second-order valence-electron chi connectivity index (χ2n) is 8.52. The van der Waals surface area contributed by atoms with Gasteiger partial charge in [0.2, 0.25) is 11.8 Å². The van der Waals surface area contributed by atoms with Crippen LogP contribution in [0.4, 0.5) is 0 Å². The van der Waals surface area contributed by atoms with Gasteiger partial charge in [-0.3, -0.25) is 9.59 Å². The number of nitrogens with one attached hydrogen (secondary N) is 1. The second kappa shape index (κ2) is 10.3. The van der Waals surface area contributed by atoms with Gasteiger partial charge in [-0.15, -0.1) is 0 Å². The summed E-state index contributed by atoms with van der Waals surface area (Å²) >= 11 is 12.4. The van der Waals surface area contributed by atoms with Gasteiger partial charge in [0.25, 0.3) is 0 Å². The van der Waals surface area contributed by atoms with Crippen LogP contribution in [0.3, 0.4) is 0 Å². The van der Waals surface area contributed by atoms with Crippen LogP contribution in [0.15, 0.2) is 42.5 Å². The molecule has 2 aromatic rings. The Hall–Kier alpha value is -2.04. The van der Waals surface area contributed by atoms with E-state index in [0.29, 0.717) is 16.5 Å². The molecule has 6 heteroatoms. The molecule has 4 nitrogen and oxygen atoms in total. The molecule has 0 unspecified atom stereocenters. The predicted molar refractivity (Wildman–Crippen MR) is 124 cm³/mol. The third kappa shape index (κ3) is 6.75. The topological polar surface area (TPSA) is 49.4 Å². The van der Waals surface area contributed by atoms with Crippen LogP contribution in [-0.4, -0.2) is 28.3 Å². The highest BCUT2D eigenvalue weighted by atomic mass is 35.5. The van der Waals surface area contributed by atoms with Crippen molar-refractivity contribution < 1.29 is 9.59 Å². The van der Waals surface area contributed by atoms with Crippen LogP contribution >= 0.6 is 23.2 Å². The Kier molecular flexibility index (Phi) is 8.34. The smallest absolute Gasteiger partial charge is 0.243 e. The molecule has 0 saturated heterocycles. The van der Waals surface area contributed by atoms with Crippen molar-refractivity contribution >= 4 is 35.0 Å². The number of hydrogen-bond acceptors (Lipinski definition) is 2. The summed E-state index contributed by atoms with van der Waals surface area (Å²) in [5, 5.41) is 4.00. The van der Waals surface area contributed by atoms with E-state index in [4.69, 9.17) is 23.2 Å². The van der Waals surface area contributed by atoms with E-state index in [1.54, 1.807) is 23.1 Å². The van der Waals surface area contributed by atoms with Crippen LogP contribution in [0.5, 0.6) is 0 Å². The fraction of sp³-hybridized carbons (Fsp3) is 0.417. The van der Waals surface area contributed by atoms with Crippen molar-refractivity contribution in [2.75, 3.05) is 0 Å². The van der Waals surface area contributed by atoms with Gasteiger partial charge in [-0.2, -0.15) is 0 Å². The van der Waals surface area contributed by atoms with E-state index in [1.807, 2.05) is 58.9 Å². The van der Waals surface area contributed by atoms with Gasteiger partial charge in [0, 0.05) is 22.1 Å². The Labute approximate surface area is 189 Å². The zero-order valence-corrected chi connectivity index (χ0v) is 19.8. The summed E-state index contributed by atoms with van der Waals surface area (Å²) in [5.41, 5.74) is 2.34. The predicted octanol–water partition coefficient (Wildman–Crippen LogP) is 5.57. The van der Waals surface area contributed by atoms with Crippen molar-refractivity contribution in [3.05, 3.63) is 69.2 Å². The van der Waals surface area contributed by atoms with Crippen LogP contribution < -0.4 is 5.32 Å². The number of nitrogens with zero attached hydrogens (tertiary/aromatic N) is 1. The van der Waals surface area contributed by atoms with Gasteiger partial charge in [0.1, 0.15) is 6.04 Å². The molecular weight excluding hydrogens is 419 g/mol. The molecule has 2 amide bonds. The Morgan fingerprint density at radius 1 is 1.07 bits per heavy atom. The van der Waals surface area contributed by atoms with Crippen molar-refractivity contribution in [3.8, 4) is 0 Å². The minimum atomic E-state index is -0.604. The molecule has 1 atom stereocenters. The quantitative estimate of drug-likeness (QED) is 0.601. The Balaban J connectivity index is 2.38. The molecule has 1 N–H and O–H groups in total. The largest absolute Gasteiger partial charge is 0.350 e. The van der Waals surface area contributed by atoms with Crippen LogP contribution in [-0.2, 0) is 22.6 Å². The van der Waals surface area contributed by atoms with Gasteiger partial charge in [-0.05, 0) is 62.9 Å². The van der Waals surface area contributed by atoms with Crippen LogP contribution in [0, 0.1) is 6.92 Å². The fourth-order valence-electron chi connectivity index (χ4n) is 3.28. The average Bonchev–Trinajstić information content (AvgIpc) is 2.63. The highest BCUT2D eigenvalue weighted by Crippen LogP contribution is 2.24. The molecule has 0 aliphatic rings. The van der Waals surface area contributed by atoms with Crippen LogP contribution in [0.2, 0.25) is 10.0 Å². The van der Waals surface area contributed by atoms with E-state index in [-0.39, 0.29) is 24.8 Å². The van der Waals surface area contributed by atoms with Crippen molar-refractivity contribution in [1.82, 2.24) is 10.2 Å². The summed E-state index contributed by atoms with van der Waals surface area (Å²) in [4.78, 5) is 28.0. The van der Waals surface area contributed by atoms with Crippen LogP contribution in [0.1, 0.15) is 50.8 Å². The first-order valence-electron chi connectivity index (χ1n) is 10.1. The molecule has 0 saturated carbocycles. The summed E-state index contributed by atoms with van der Waals surface area (Å²) < 4.78 is 0. The van der Waals surface area contributed by atoms with E-state index in [1.165, 1.54) is 0 Å². The number of halogens is 2. The summed E-state index contributed by atoms with van der Waals surface area (Å²) in [5.74, 6) is -0.292. The highest BCUT2D eigenvalue weighted by Gasteiger charge is 2.31. The Morgan fingerprint density at radius 2 is 1.73 bits per heavy atom. The monoisotopic (exact) mass is 448 g/mol. The minimum Gasteiger partial charge on any atom is -0.350 e. The second-order valence-corrected chi connectivity index (χ2v) is 9.37. The van der Waals surface area contributed by atoms with Crippen molar-refractivity contribution in [3.63, 3.8) is 0 Å². The van der Waals surface area contributed by atoms with Gasteiger partial charge in [-0.1, -0.05) is 60.5 Å². The van der Waals surface area contributed by atoms with Gasteiger partial charge in [-0.25, -0.2) is 0 Å². The maximum atomic E-state index is 13.4. The minimum absolute atomic E-state index is 0.119. The van der Waals surface area contributed by atoms with Crippen molar-refractivity contribution in [2.45, 2.75) is 65.6 Å². The summed E-state index contributed by atoms with van der Waals surface area (Å²) in [6.45, 7) is 9.89. The van der Waals surface area contributed by atoms with E-state index in [0.717, 1.165) is 16.7 Å². The molecular formula is C24H30Cl2N2O2. The molecule has 0 radical (unpaired) electrons. The maximum Gasteiger partial charge on any atom is 0.243 e. The molecule has 0 aliphatic heterocycles. The Morgan fingerprint density at radius 3 is 2.30 bits per heavy atom. The number of carbonyl (C=O) groups is 2. The SMILES string of the molecule is CC[C@H](C(=O)NC(C)(C)C)N(Cc1ccc(Cl)cc1Cl)C(=O)Cc1ccccc1C. The normalized spacial score (nSPS) is 12.4. The molecule has 162 valence electrons. The van der Waals surface area contributed by atoms with E-state index >= 15 is 0 Å². The number of amides is 2. The maximum absolute atomic E-state index is 13.4. The van der Waals surface area contributed by atoms with Crippen molar-refractivity contribution in [1.29, 1.82) is 0 Å². The molecule has 2 rings (SSSR count). The third-order valence-corrected chi connectivity index (χ3v) is 5.43. The van der Waals surface area contributed by atoms with E-state index in [2.05, 4.69) is 5.32 Å². The molecule has 0 aliphatic carbocycles. The number of benzene rings is 2. The summed E-state index contributed by atoms with van der Waals surface area (Å²) in [6.07, 6.45) is 0.712. The van der Waals surface area contributed by atoms with Gasteiger partial charge in [0.15, 0.2) is 0 Å². The first-order chi connectivity index (χ1) is 14.0. The molecule has 0 aromatic heterocycles. The molecule has 0 bridgehead atoms. The molecule has 30 heavy (non-hydrogen) atoms. The number of rotatable bonds is 7. The summed E-state index contributed by atoms with van der Waals surface area (Å²) in [6, 6.07) is 12.4. The number of carbonyl (C=O) groups excluding carboxylic acids is 2. The lowest BCUT2D eigenvalue weighted by Crippen LogP contribution is -2.53. The van der Waals surface area contributed by atoms with Gasteiger partial charge < -0.3 is 10.2 Å². The average molecular weight is 449 g/mol.